The largest absolute Gasteiger partial charge is 0.462 e. The molecule has 0 unspecified atom stereocenters. The standard InChI is InChI=1S/C20H15F3N4O5/c1-2-32-19(29)13-8-12(9-15(10-13)27(30)31)18(28)25-16-11-14(20(21,22)23)4-5-17(16)26-7-3-6-24-26/h3-11H,2H2,1H3,(H,25,28). The van der Waals surface area contributed by atoms with Crippen LogP contribution in [0.15, 0.2) is 54.9 Å². The highest BCUT2D eigenvalue weighted by Gasteiger charge is 2.31. The molecule has 0 fully saturated rings. The molecule has 12 heteroatoms. The number of alkyl halides is 3. The average molecular weight is 448 g/mol. The van der Waals surface area contributed by atoms with Crippen LogP contribution in [0.5, 0.6) is 0 Å². The number of esters is 1. The number of anilines is 1. The van der Waals surface area contributed by atoms with Crippen molar-refractivity contribution in [1.82, 2.24) is 9.78 Å². The van der Waals surface area contributed by atoms with Crippen molar-refractivity contribution in [3.05, 3.63) is 81.7 Å². The Morgan fingerprint density at radius 2 is 1.91 bits per heavy atom. The second-order valence-electron chi connectivity index (χ2n) is 6.38. The van der Waals surface area contributed by atoms with Crippen molar-refractivity contribution in [1.29, 1.82) is 0 Å². The second-order valence-corrected chi connectivity index (χ2v) is 6.38. The minimum atomic E-state index is -4.68. The zero-order valence-corrected chi connectivity index (χ0v) is 16.4. The zero-order valence-electron chi connectivity index (χ0n) is 16.4. The van der Waals surface area contributed by atoms with Crippen LogP contribution in [0.25, 0.3) is 5.69 Å². The quantitative estimate of drug-likeness (QED) is 0.343. The number of nitrogens with one attached hydrogen (secondary N) is 1. The van der Waals surface area contributed by atoms with Gasteiger partial charge in [0.2, 0.25) is 0 Å². The fourth-order valence-corrected chi connectivity index (χ4v) is 2.80. The van der Waals surface area contributed by atoms with Crippen LogP contribution in [0, 0.1) is 10.1 Å². The molecule has 0 bridgehead atoms. The number of nitrogens with zero attached hydrogens (tertiary/aromatic N) is 3. The van der Waals surface area contributed by atoms with Gasteiger partial charge < -0.3 is 10.1 Å². The molecule has 0 spiro atoms. The zero-order chi connectivity index (χ0) is 23.5. The summed E-state index contributed by atoms with van der Waals surface area (Å²) in [5.74, 6) is -1.85. The Kier molecular flexibility index (Phi) is 6.23. The molecule has 3 aromatic rings. The first-order chi connectivity index (χ1) is 15.1. The fourth-order valence-electron chi connectivity index (χ4n) is 2.80. The van der Waals surface area contributed by atoms with Crippen molar-refractivity contribution in [3.8, 4) is 5.69 Å². The van der Waals surface area contributed by atoms with Crippen molar-refractivity contribution < 1.29 is 32.4 Å². The number of hydrogen-bond acceptors (Lipinski definition) is 6. The molecule has 1 N–H and O–H groups in total. The molecule has 0 saturated heterocycles. The van der Waals surface area contributed by atoms with Crippen molar-refractivity contribution >= 4 is 23.3 Å². The summed E-state index contributed by atoms with van der Waals surface area (Å²) in [5.41, 5.74) is -2.24. The SMILES string of the molecule is CCOC(=O)c1cc(C(=O)Nc2cc(C(F)(F)F)ccc2-n2cccn2)cc([N+](=O)[O-])c1. The number of nitro groups is 1. The van der Waals surface area contributed by atoms with Gasteiger partial charge in [-0.15, -0.1) is 0 Å². The Morgan fingerprint density at radius 3 is 2.50 bits per heavy atom. The Hall–Kier alpha value is -4.22. The number of halogens is 3. The molecular weight excluding hydrogens is 433 g/mol. The van der Waals surface area contributed by atoms with Crippen LogP contribution in [-0.4, -0.2) is 33.2 Å². The monoisotopic (exact) mass is 448 g/mol. The molecule has 32 heavy (non-hydrogen) atoms. The number of aromatic nitrogens is 2. The molecule has 1 heterocycles. The summed E-state index contributed by atoms with van der Waals surface area (Å²) >= 11 is 0. The first kappa shape index (κ1) is 22.5. The molecule has 9 nitrogen and oxygen atoms in total. The molecule has 0 radical (unpaired) electrons. The van der Waals surface area contributed by atoms with Crippen molar-refractivity contribution in [2.24, 2.45) is 0 Å². The van der Waals surface area contributed by atoms with E-state index >= 15 is 0 Å². The van der Waals surface area contributed by atoms with E-state index in [0.717, 1.165) is 36.4 Å². The van der Waals surface area contributed by atoms with Gasteiger partial charge in [0.25, 0.3) is 11.6 Å². The number of non-ortho nitro benzene ring substituents is 1. The summed E-state index contributed by atoms with van der Waals surface area (Å²) < 4.78 is 45.6. The van der Waals surface area contributed by atoms with E-state index in [0.29, 0.717) is 0 Å². The smallest absolute Gasteiger partial charge is 0.416 e. The van der Waals surface area contributed by atoms with Crippen molar-refractivity contribution in [2.45, 2.75) is 13.1 Å². The number of amides is 1. The summed E-state index contributed by atoms with van der Waals surface area (Å²) in [5, 5.41) is 17.5. The maximum Gasteiger partial charge on any atom is 0.416 e. The molecule has 166 valence electrons. The third-order valence-corrected chi connectivity index (χ3v) is 4.23. The lowest BCUT2D eigenvalue weighted by molar-refractivity contribution is -0.384. The molecular formula is C20H15F3N4O5. The van der Waals surface area contributed by atoms with E-state index in [1.807, 2.05) is 0 Å². The first-order valence-electron chi connectivity index (χ1n) is 9.09. The van der Waals surface area contributed by atoms with Crippen LogP contribution in [0.1, 0.15) is 33.2 Å². The highest BCUT2D eigenvalue weighted by atomic mass is 19.4. The summed E-state index contributed by atoms with van der Waals surface area (Å²) in [6.45, 7) is 1.54. The molecule has 0 aliphatic rings. The number of hydrogen-bond donors (Lipinski definition) is 1. The van der Waals surface area contributed by atoms with E-state index in [1.54, 1.807) is 0 Å². The molecule has 2 aromatic carbocycles. The van der Waals surface area contributed by atoms with E-state index in [4.69, 9.17) is 4.74 Å². The summed E-state index contributed by atoms with van der Waals surface area (Å²) in [7, 11) is 0. The van der Waals surface area contributed by atoms with E-state index in [-0.39, 0.29) is 29.1 Å². The molecule has 3 rings (SSSR count). The summed E-state index contributed by atoms with van der Waals surface area (Å²) in [6.07, 6.45) is -1.81. The van der Waals surface area contributed by atoms with E-state index in [1.165, 1.54) is 30.1 Å². The van der Waals surface area contributed by atoms with Gasteiger partial charge >= 0.3 is 12.1 Å². The number of ether oxygens (including phenoxy) is 1. The van der Waals surface area contributed by atoms with Gasteiger partial charge in [0.05, 0.1) is 34.0 Å². The lowest BCUT2D eigenvalue weighted by Gasteiger charge is -2.15. The predicted molar refractivity (Wildman–Crippen MR) is 106 cm³/mol. The number of carbonyl (C=O) groups excluding carboxylic acids is 2. The summed E-state index contributed by atoms with van der Waals surface area (Å²) in [4.78, 5) is 35.2. The fraction of sp³-hybridized carbons (Fsp3) is 0.150. The van der Waals surface area contributed by atoms with Gasteiger partial charge in [0.1, 0.15) is 0 Å². The minimum absolute atomic E-state index is 0.000516. The van der Waals surface area contributed by atoms with Gasteiger partial charge in [0.15, 0.2) is 0 Å². The first-order valence-corrected chi connectivity index (χ1v) is 9.09. The number of benzene rings is 2. The number of carbonyl (C=O) groups is 2. The Balaban J connectivity index is 2.04. The Morgan fingerprint density at radius 1 is 1.19 bits per heavy atom. The lowest BCUT2D eigenvalue weighted by atomic mass is 10.1. The van der Waals surface area contributed by atoms with Gasteiger partial charge in [-0.25, -0.2) is 9.48 Å². The third kappa shape index (κ3) is 4.91. The van der Waals surface area contributed by atoms with Crippen LogP contribution in [0.4, 0.5) is 24.5 Å². The molecule has 0 aliphatic carbocycles. The van der Waals surface area contributed by atoms with Crippen molar-refractivity contribution in [2.75, 3.05) is 11.9 Å². The minimum Gasteiger partial charge on any atom is -0.462 e. The maximum absolute atomic E-state index is 13.2. The average Bonchev–Trinajstić information content (AvgIpc) is 3.27. The number of nitro benzene ring substituents is 1. The Bertz CT molecular complexity index is 1180. The van der Waals surface area contributed by atoms with Crippen LogP contribution in [0.2, 0.25) is 0 Å². The molecule has 0 aliphatic heterocycles. The van der Waals surface area contributed by atoms with Crippen LogP contribution in [-0.2, 0) is 10.9 Å². The molecule has 0 saturated carbocycles. The van der Waals surface area contributed by atoms with Gasteiger partial charge in [0, 0.05) is 30.1 Å². The van der Waals surface area contributed by atoms with Crippen LogP contribution < -0.4 is 5.32 Å². The van der Waals surface area contributed by atoms with Gasteiger partial charge in [-0.2, -0.15) is 18.3 Å². The van der Waals surface area contributed by atoms with E-state index in [2.05, 4.69) is 10.4 Å². The predicted octanol–water partition coefficient (Wildman–Crippen LogP) is 4.23. The highest BCUT2D eigenvalue weighted by molar-refractivity contribution is 6.07. The lowest BCUT2D eigenvalue weighted by Crippen LogP contribution is -2.17. The van der Waals surface area contributed by atoms with Crippen molar-refractivity contribution in [3.63, 3.8) is 0 Å². The van der Waals surface area contributed by atoms with Gasteiger partial charge in [-0.1, -0.05) is 0 Å². The second kappa shape index (κ2) is 8.88. The molecule has 1 aromatic heterocycles. The maximum atomic E-state index is 13.2. The van der Waals surface area contributed by atoms with Crippen LogP contribution in [0.3, 0.4) is 0 Å². The Labute approximate surface area is 178 Å². The summed E-state index contributed by atoms with van der Waals surface area (Å²) in [6, 6.07) is 7.12. The normalized spacial score (nSPS) is 11.1. The van der Waals surface area contributed by atoms with E-state index < -0.39 is 34.2 Å². The third-order valence-electron chi connectivity index (χ3n) is 4.23. The van der Waals surface area contributed by atoms with Gasteiger partial charge in [-0.05, 0) is 37.3 Å². The topological polar surface area (TPSA) is 116 Å². The number of rotatable bonds is 6. The highest BCUT2D eigenvalue weighted by Crippen LogP contribution is 2.33. The molecule has 1 amide bonds. The van der Waals surface area contributed by atoms with E-state index in [9.17, 15) is 32.9 Å². The van der Waals surface area contributed by atoms with Crippen LogP contribution >= 0.6 is 0 Å². The molecule has 0 atom stereocenters. The van der Waals surface area contributed by atoms with Gasteiger partial charge in [-0.3, -0.25) is 14.9 Å².